The van der Waals surface area contributed by atoms with Crippen LogP contribution in [0, 0.1) is 29.6 Å². The second-order valence-electron chi connectivity index (χ2n) is 32.0. The van der Waals surface area contributed by atoms with E-state index in [0.717, 1.165) is 75.6 Å². The van der Waals surface area contributed by atoms with E-state index >= 15 is 0 Å². The molecule has 2 aromatic heterocycles. The fraction of sp³-hybridized carbons (Fsp3) is 0.682. The fourth-order valence-corrected chi connectivity index (χ4v) is 15.9. The lowest BCUT2D eigenvalue weighted by Crippen LogP contribution is -2.59. The molecule has 7 amide bonds. The molecule has 37 nitrogen and oxygen atoms in total. The molecule has 0 aliphatic carbocycles. The molecule has 0 radical (unpaired) electrons. The minimum atomic E-state index is -1.12. The van der Waals surface area contributed by atoms with Crippen molar-refractivity contribution in [2.24, 2.45) is 45.6 Å². The Labute approximate surface area is 768 Å². The quantitative estimate of drug-likeness (QED) is 0.00410. The number of likely N-dealkylation sites (tertiary alicyclic amines) is 2. The number of thiazole rings is 2. The second kappa shape index (κ2) is 64.7. The second-order valence-corrected chi connectivity index (χ2v) is 33.8. The largest absolute Gasteiger partial charge is 0.476 e. The summed E-state index contributed by atoms with van der Waals surface area (Å²) in [5.74, 6) is -4.23. The first kappa shape index (κ1) is 113. The molecule has 0 bridgehead atoms. The predicted octanol–water partition coefficient (Wildman–Crippen LogP) is 11.9. The minimum absolute atomic E-state index is 0. The highest BCUT2D eigenvalue weighted by molar-refractivity contribution is 7.10. The number of piperidine rings is 2. The molecule has 128 heavy (non-hydrogen) atoms. The number of carbonyl (C=O) groups excluding carboxylic acids is 9. The number of likely N-dealkylation sites (N-methyl/N-ethyl adjacent to an activating group) is 2. The maximum Gasteiger partial charge on any atom is 0.426 e. The van der Waals surface area contributed by atoms with E-state index in [0.29, 0.717) is 68.5 Å². The number of nitrogens with one attached hydrogen (secondary N) is 5. The summed E-state index contributed by atoms with van der Waals surface area (Å²) in [4.78, 5) is 152. The topological polar surface area (TPSA) is 487 Å². The maximum atomic E-state index is 14.7. The molecule has 2 aliphatic rings. The Morgan fingerprint density at radius 3 is 1.56 bits per heavy atom. The van der Waals surface area contributed by atoms with Crippen LogP contribution >= 0.6 is 35.1 Å². The Kier molecular flexibility index (Phi) is 57.1. The number of ether oxygens (including phenoxy) is 8. The van der Waals surface area contributed by atoms with Gasteiger partial charge in [0.25, 0.3) is 11.8 Å². The van der Waals surface area contributed by atoms with Gasteiger partial charge in [0.2, 0.25) is 23.6 Å². The lowest BCUT2D eigenvalue weighted by molar-refractivity contribution is -0.151. The molecule has 2 fully saturated rings. The summed E-state index contributed by atoms with van der Waals surface area (Å²) in [5.41, 5.74) is 28.4. The Morgan fingerprint density at radius 1 is 0.594 bits per heavy atom. The van der Waals surface area contributed by atoms with Gasteiger partial charge in [0.05, 0.1) is 44.6 Å². The number of carboxylic acid groups (broad SMARTS) is 1. The first-order valence-corrected chi connectivity index (χ1v) is 46.1. The molecule has 4 heterocycles. The number of aromatic nitrogens is 2. The van der Waals surface area contributed by atoms with Crippen molar-refractivity contribution >= 4 is 94.3 Å². The fourth-order valence-electron chi connectivity index (χ4n) is 14.2. The van der Waals surface area contributed by atoms with Crippen LogP contribution in [-0.2, 0) is 84.3 Å². The third kappa shape index (κ3) is 41.4. The lowest BCUT2D eigenvalue weighted by atomic mass is 9.82. The number of ketones is 1. The number of Topliss-reactive ketones (excluding diaryl/α,β-unsaturated/α-hetero) is 1. The van der Waals surface area contributed by atoms with Crippen LogP contribution in [0.1, 0.15) is 221 Å². The first-order chi connectivity index (χ1) is 61.0. The normalized spacial score (nSPS) is 16.2. The standard InChI is InChI=1S/C43H68N10O9S.C30H51N3O6S.C15H21N5O4.ClH/c1-8-21-61-36(26-35(29(4)5)53(28-59-10-3)42(57)37(30(6)9-2)48-40(56)34-18-14-15-20-52(34)7)41-47-33(27-63-41)38(54)46-32(25-31-16-12-11-13-17-31)39(55)49-50-43(58)62-24-23-60-22-19-45-51-44;1-8-15-39-27(28-31-23(18-40-28)30(36)37)17-25(20(4)5)33(19-38-10-3)29(35)22(21(6)9-2)16-26(34)24-13-11-12-14-32(24)7;16-13(10-12-4-2-1-3-5-12)15(22)18-11-14(21)24-9-8-23-7-6-19-20-17;/h11-13,16-17,27,29-30,32,34-37H,8-10,14-15,18-26,28H2,1-7H3,(H,46,54)(H,48,56)(H,49,55)(H,50,58);18,20-22,24-25,27H,8-17,19H2,1-7H3,(H,36,37);1-5,13H,6-11,16H2,(H,18,22);1H/t30-,32-,34+,35+,36+,37-;21-,22-,24+,25+,27+;13-;/m000./s1. The van der Waals surface area contributed by atoms with Gasteiger partial charge in [-0.2, -0.15) is 0 Å². The van der Waals surface area contributed by atoms with Gasteiger partial charge >= 0.3 is 18.0 Å². The van der Waals surface area contributed by atoms with Crippen molar-refractivity contribution in [1.29, 1.82) is 0 Å². The molecule has 40 heteroatoms. The number of hydrogen-bond donors (Lipinski definition) is 7. The van der Waals surface area contributed by atoms with Gasteiger partial charge in [-0.05, 0) is 132 Å². The number of carbonyl (C=O) groups is 10. The van der Waals surface area contributed by atoms with Crippen molar-refractivity contribution in [3.05, 3.63) is 125 Å². The van der Waals surface area contributed by atoms with E-state index in [9.17, 15) is 53.1 Å². The number of hydrazine groups is 1. The van der Waals surface area contributed by atoms with Crippen LogP contribution < -0.4 is 32.5 Å². The Hall–Kier alpha value is -9.05. The maximum absolute atomic E-state index is 14.7. The van der Waals surface area contributed by atoms with Gasteiger partial charge in [0.1, 0.15) is 73.2 Å². The predicted molar refractivity (Wildman–Crippen MR) is 490 cm³/mol. The zero-order chi connectivity index (χ0) is 93.6. The molecule has 12 atom stereocenters. The van der Waals surface area contributed by atoms with Crippen molar-refractivity contribution in [1.82, 2.24) is 56.4 Å². The molecule has 716 valence electrons. The van der Waals surface area contributed by atoms with E-state index in [-0.39, 0.29) is 175 Å². The number of hydrogen-bond acceptors (Lipinski definition) is 27. The van der Waals surface area contributed by atoms with Crippen molar-refractivity contribution in [2.45, 2.75) is 234 Å². The summed E-state index contributed by atoms with van der Waals surface area (Å²) in [6, 6.07) is 14.7. The highest BCUT2D eigenvalue weighted by Crippen LogP contribution is 2.36. The summed E-state index contributed by atoms with van der Waals surface area (Å²) < 4.78 is 44.5. The number of azide groups is 2. The molecule has 0 unspecified atom stereocenters. The molecule has 4 aromatic rings. The van der Waals surface area contributed by atoms with Crippen LogP contribution in [0.5, 0.6) is 0 Å². The average Bonchev–Trinajstić information content (AvgIpc) is 1.11. The lowest BCUT2D eigenvalue weighted by Gasteiger charge is -2.40. The molecule has 8 N–H and O–H groups in total. The number of nitrogens with zero attached hydrogens (tertiary/aromatic N) is 12. The van der Waals surface area contributed by atoms with Gasteiger partial charge in [-0.25, -0.2) is 25.0 Å². The highest BCUT2D eigenvalue weighted by atomic mass is 35.5. The van der Waals surface area contributed by atoms with Gasteiger partial charge in [0.15, 0.2) is 11.5 Å². The summed E-state index contributed by atoms with van der Waals surface area (Å²) >= 11 is 2.50. The number of halogens is 1. The van der Waals surface area contributed by atoms with Gasteiger partial charge in [-0.3, -0.25) is 53.6 Å². The SMILES string of the molecule is CCCO[C@H](C[C@H](C(C)C)N(COCC)C(=O)[C@@H](CC(=O)[C@H]1CCCCN1C)[C@@H](C)CC)c1nc(C(=O)O)cs1.CCCO[C@H](C[C@H](C(C)C)N(COCC)C(=O)[C@@H](NC(=O)[C@H]1CCCCN1C)[C@@H](C)CC)c1nc(C(=O)N[C@@H](Cc2ccccc2)C(=O)NNC(=O)OCCOCCN=[N+]=[N-])cs1.Cl.[N-]=[N+]=NCCOCCOC(=O)CNC(=O)[C@@H](N)Cc1ccccc1. The van der Waals surface area contributed by atoms with E-state index in [2.05, 4.69) is 89.3 Å². The Balaban J connectivity index is 0.000000551. The summed E-state index contributed by atoms with van der Waals surface area (Å²) in [7, 11) is 3.95. The van der Waals surface area contributed by atoms with E-state index in [1.165, 1.54) is 28.1 Å². The zero-order valence-corrected chi connectivity index (χ0v) is 79.6. The summed E-state index contributed by atoms with van der Waals surface area (Å²) in [6.07, 6.45) is 8.17. The molecule has 0 spiro atoms. The molecule has 2 aliphatic heterocycles. The molecular formula is C88H141ClN18O19S2. The van der Waals surface area contributed by atoms with E-state index in [4.69, 9.17) is 59.7 Å². The number of carboxylic acids is 1. The summed E-state index contributed by atoms with van der Waals surface area (Å²) in [5, 5.41) is 28.6. The van der Waals surface area contributed by atoms with Gasteiger partial charge in [0, 0.05) is 104 Å². The van der Waals surface area contributed by atoms with Crippen molar-refractivity contribution in [2.75, 3.05) is 126 Å². The number of amides is 7. The Morgan fingerprint density at radius 2 is 1.09 bits per heavy atom. The number of esters is 1. The number of rotatable bonds is 56. The average molecular weight is 1850 g/mol. The van der Waals surface area contributed by atoms with Crippen LogP contribution in [0.15, 0.2) is 81.7 Å². The van der Waals surface area contributed by atoms with Crippen LogP contribution in [0.3, 0.4) is 0 Å². The van der Waals surface area contributed by atoms with Crippen molar-refractivity contribution in [3.8, 4) is 0 Å². The third-order valence-electron chi connectivity index (χ3n) is 21.8. The van der Waals surface area contributed by atoms with Crippen LogP contribution in [-0.4, -0.2) is 263 Å². The molecule has 2 saturated heterocycles. The molecule has 0 saturated carbocycles. The number of benzene rings is 2. The Bertz CT molecular complexity index is 4020. The third-order valence-corrected chi connectivity index (χ3v) is 23.7. The van der Waals surface area contributed by atoms with Gasteiger partial charge in [-0.1, -0.05) is 166 Å². The van der Waals surface area contributed by atoms with E-state index in [1.807, 2.05) is 130 Å². The monoisotopic (exact) mass is 1850 g/mol. The minimum Gasteiger partial charge on any atom is -0.476 e. The number of nitrogens with two attached hydrogens (primary N) is 1. The first-order valence-electron chi connectivity index (χ1n) is 44.4. The van der Waals surface area contributed by atoms with Crippen LogP contribution in [0.25, 0.3) is 20.9 Å². The highest BCUT2D eigenvalue weighted by Gasteiger charge is 2.42. The number of aromatic carboxylic acids is 1. The molecule has 2 aromatic carbocycles. The molecule has 6 rings (SSSR count). The summed E-state index contributed by atoms with van der Waals surface area (Å²) in [6.45, 7) is 28.4. The van der Waals surface area contributed by atoms with E-state index in [1.54, 1.807) is 15.2 Å². The van der Waals surface area contributed by atoms with E-state index < -0.39 is 78.0 Å². The van der Waals surface area contributed by atoms with Crippen LogP contribution in [0.4, 0.5) is 4.79 Å². The molecular weight excluding hydrogens is 1710 g/mol. The smallest absolute Gasteiger partial charge is 0.426 e. The van der Waals surface area contributed by atoms with Crippen molar-refractivity contribution < 1.29 is 90.9 Å². The van der Waals surface area contributed by atoms with Crippen LogP contribution in [0.2, 0.25) is 0 Å². The van der Waals surface area contributed by atoms with Crippen molar-refractivity contribution in [3.63, 3.8) is 0 Å². The van der Waals surface area contributed by atoms with Gasteiger partial charge in [-0.15, -0.1) is 35.1 Å². The zero-order valence-electron chi connectivity index (χ0n) is 77.1. The van der Waals surface area contributed by atoms with Gasteiger partial charge < -0.3 is 74.5 Å².